The number of nitro benzene ring substituents is 1. The minimum atomic E-state index is -1.67. The number of ether oxygens (including phenoxy) is 1. The van der Waals surface area contributed by atoms with Gasteiger partial charge in [0.05, 0.1) is 22.1 Å². The van der Waals surface area contributed by atoms with Gasteiger partial charge in [-0.2, -0.15) is 0 Å². The number of hydrogen-bond acceptors (Lipinski definition) is 5. The third kappa shape index (κ3) is 4.73. The lowest BCUT2D eigenvalue weighted by Crippen LogP contribution is -2.18. The number of benzene rings is 2. The molecule has 0 amide bonds. The number of nitrogens with zero attached hydrogens (tertiary/aromatic N) is 1. The Bertz CT molecular complexity index is 748. The van der Waals surface area contributed by atoms with Crippen LogP contribution in [0.4, 0.5) is 5.69 Å². The van der Waals surface area contributed by atoms with Gasteiger partial charge in [-0.15, -0.1) is 0 Å². The average molecular weight is 347 g/mol. The van der Waals surface area contributed by atoms with Gasteiger partial charge < -0.3 is 4.74 Å². The summed E-state index contributed by atoms with van der Waals surface area (Å²) in [4.78, 5) is 22.4. The topological polar surface area (TPSA) is 86.5 Å². The molecule has 0 N–H and O–H groups in total. The van der Waals surface area contributed by atoms with E-state index in [-0.39, 0.29) is 23.6 Å². The molecule has 0 saturated carbocycles. The molecule has 0 radical (unpaired) electrons. The largest absolute Gasteiger partial charge is 0.461 e. The van der Waals surface area contributed by atoms with Crippen molar-refractivity contribution in [2.45, 2.75) is 30.1 Å². The number of hydrogen-bond donors (Lipinski definition) is 0. The van der Waals surface area contributed by atoms with Crippen LogP contribution in [0.25, 0.3) is 0 Å². The van der Waals surface area contributed by atoms with Crippen LogP contribution in [-0.2, 0) is 26.9 Å². The molecule has 2 aromatic carbocycles. The summed E-state index contributed by atoms with van der Waals surface area (Å²) in [6, 6.07) is 15.1. The smallest absolute Gasteiger partial charge is 0.307 e. The Hall–Kier alpha value is -2.54. The highest BCUT2D eigenvalue weighted by atomic mass is 32.2. The molecular formula is C17H17NO5S. The molecule has 7 heteroatoms. The van der Waals surface area contributed by atoms with E-state index in [0.29, 0.717) is 0 Å². The van der Waals surface area contributed by atoms with Crippen molar-refractivity contribution < 1.29 is 18.7 Å². The molecular weight excluding hydrogens is 330 g/mol. The molecule has 2 atom stereocenters. The lowest BCUT2D eigenvalue weighted by atomic mass is 10.2. The van der Waals surface area contributed by atoms with Crippen LogP contribution in [0.15, 0.2) is 59.5 Å². The fourth-order valence-corrected chi connectivity index (χ4v) is 3.38. The molecule has 24 heavy (non-hydrogen) atoms. The van der Waals surface area contributed by atoms with Gasteiger partial charge in [0.25, 0.3) is 5.69 Å². The molecule has 2 unspecified atom stereocenters. The lowest BCUT2D eigenvalue weighted by Gasteiger charge is -2.11. The van der Waals surface area contributed by atoms with Crippen LogP contribution in [0.3, 0.4) is 0 Å². The molecule has 0 aliphatic carbocycles. The number of para-hydroxylation sites is 1. The molecule has 0 heterocycles. The Kier molecular flexibility index (Phi) is 6.20. The molecule has 0 bridgehead atoms. The number of esters is 1. The van der Waals surface area contributed by atoms with Gasteiger partial charge in [0, 0.05) is 11.3 Å². The van der Waals surface area contributed by atoms with Gasteiger partial charge in [0.2, 0.25) is 0 Å². The second kappa shape index (κ2) is 8.35. The normalized spacial score (nSPS) is 13.0. The van der Waals surface area contributed by atoms with Crippen LogP contribution in [0.5, 0.6) is 0 Å². The Morgan fingerprint density at radius 1 is 1.17 bits per heavy atom. The third-order valence-corrected chi connectivity index (χ3v) is 5.02. The summed E-state index contributed by atoms with van der Waals surface area (Å²) < 4.78 is 17.6. The van der Waals surface area contributed by atoms with Gasteiger partial charge in [-0.3, -0.25) is 19.1 Å². The zero-order valence-electron chi connectivity index (χ0n) is 13.1. The first-order valence-electron chi connectivity index (χ1n) is 7.32. The summed E-state index contributed by atoms with van der Waals surface area (Å²) in [5.74, 6) is -0.488. The highest BCUT2D eigenvalue weighted by Gasteiger charge is 2.24. The highest BCUT2D eigenvalue weighted by Crippen LogP contribution is 2.24. The third-order valence-electron chi connectivity index (χ3n) is 3.34. The van der Waals surface area contributed by atoms with Gasteiger partial charge in [0.1, 0.15) is 11.5 Å². The van der Waals surface area contributed by atoms with Crippen molar-refractivity contribution in [3.8, 4) is 0 Å². The molecule has 0 spiro atoms. The average Bonchev–Trinajstić information content (AvgIpc) is 2.60. The first kappa shape index (κ1) is 17.8. The SMILES string of the molecule is CC(CC(=O)OCc1ccccc1)S(=O)c1ccccc1[N+](=O)[O-]. The molecule has 0 saturated heterocycles. The van der Waals surface area contributed by atoms with Gasteiger partial charge in [-0.05, 0) is 18.6 Å². The van der Waals surface area contributed by atoms with Crippen LogP contribution in [-0.4, -0.2) is 20.4 Å². The first-order valence-corrected chi connectivity index (χ1v) is 8.54. The van der Waals surface area contributed by atoms with E-state index in [4.69, 9.17) is 4.74 Å². The molecule has 0 aliphatic heterocycles. The number of rotatable bonds is 7. The minimum absolute atomic E-state index is 0.0779. The van der Waals surface area contributed by atoms with Gasteiger partial charge >= 0.3 is 5.97 Å². The van der Waals surface area contributed by atoms with Gasteiger partial charge in [-0.25, -0.2) is 0 Å². The van der Waals surface area contributed by atoms with E-state index in [1.54, 1.807) is 13.0 Å². The fourth-order valence-electron chi connectivity index (χ4n) is 2.10. The predicted molar refractivity (Wildman–Crippen MR) is 89.8 cm³/mol. The summed E-state index contributed by atoms with van der Waals surface area (Å²) in [5.41, 5.74) is 0.652. The minimum Gasteiger partial charge on any atom is -0.461 e. The standard InChI is InChI=1S/C17H17NO5S/c1-13(11-17(19)23-12-14-7-3-2-4-8-14)24(22)16-10-6-5-9-15(16)18(20)21/h2-10,13H,11-12H2,1H3. The van der Waals surface area contributed by atoms with E-state index >= 15 is 0 Å². The lowest BCUT2D eigenvalue weighted by molar-refractivity contribution is -0.387. The van der Waals surface area contributed by atoms with Gasteiger partial charge in [0.15, 0.2) is 0 Å². The van der Waals surface area contributed by atoms with E-state index < -0.39 is 26.9 Å². The van der Waals surface area contributed by atoms with Crippen LogP contribution in [0, 0.1) is 10.1 Å². The van der Waals surface area contributed by atoms with Crippen molar-refractivity contribution in [3.05, 3.63) is 70.3 Å². The maximum absolute atomic E-state index is 12.5. The van der Waals surface area contributed by atoms with Crippen molar-refractivity contribution in [1.29, 1.82) is 0 Å². The number of carbonyl (C=O) groups is 1. The summed E-state index contributed by atoms with van der Waals surface area (Å²) in [6.45, 7) is 1.75. The fraction of sp³-hybridized carbons (Fsp3) is 0.235. The van der Waals surface area contributed by atoms with Crippen LogP contribution >= 0.6 is 0 Å². The summed E-state index contributed by atoms with van der Waals surface area (Å²) in [7, 11) is -1.67. The Morgan fingerprint density at radius 3 is 2.46 bits per heavy atom. The Labute approximate surface area is 142 Å². The van der Waals surface area contributed by atoms with Crippen molar-refractivity contribution >= 4 is 22.5 Å². The van der Waals surface area contributed by atoms with E-state index in [1.807, 2.05) is 30.3 Å². The Balaban J connectivity index is 1.96. The van der Waals surface area contributed by atoms with Crippen molar-refractivity contribution in [3.63, 3.8) is 0 Å². The molecule has 2 rings (SSSR count). The summed E-state index contributed by atoms with van der Waals surface area (Å²) >= 11 is 0. The number of carbonyl (C=O) groups excluding carboxylic acids is 1. The second-order valence-corrected chi connectivity index (χ2v) is 7.02. The molecule has 0 fully saturated rings. The van der Waals surface area contributed by atoms with Crippen LogP contribution in [0.1, 0.15) is 18.9 Å². The summed E-state index contributed by atoms with van der Waals surface area (Å²) in [6.07, 6.45) is -0.0779. The van der Waals surface area contributed by atoms with Crippen molar-refractivity contribution in [2.24, 2.45) is 0 Å². The molecule has 0 aromatic heterocycles. The van der Waals surface area contributed by atoms with E-state index in [1.165, 1.54) is 18.2 Å². The predicted octanol–water partition coefficient (Wildman–Crippen LogP) is 3.22. The van der Waals surface area contributed by atoms with Crippen molar-refractivity contribution in [1.82, 2.24) is 0 Å². The van der Waals surface area contributed by atoms with Gasteiger partial charge in [-0.1, -0.05) is 42.5 Å². The molecule has 126 valence electrons. The maximum atomic E-state index is 12.5. The zero-order chi connectivity index (χ0) is 17.5. The first-order chi connectivity index (χ1) is 11.5. The molecule has 0 aliphatic rings. The maximum Gasteiger partial charge on any atom is 0.307 e. The summed E-state index contributed by atoms with van der Waals surface area (Å²) in [5, 5.41) is 10.4. The van der Waals surface area contributed by atoms with E-state index in [9.17, 15) is 19.1 Å². The Morgan fingerprint density at radius 2 is 1.79 bits per heavy atom. The quantitative estimate of drug-likeness (QED) is 0.436. The zero-order valence-corrected chi connectivity index (χ0v) is 13.9. The van der Waals surface area contributed by atoms with Crippen LogP contribution in [0.2, 0.25) is 0 Å². The van der Waals surface area contributed by atoms with E-state index in [0.717, 1.165) is 5.56 Å². The highest BCUT2D eigenvalue weighted by molar-refractivity contribution is 7.85. The molecule has 6 nitrogen and oxygen atoms in total. The van der Waals surface area contributed by atoms with E-state index in [2.05, 4.69) is 0 Å². The molecule has 2 aromatic rings. The second-order valence-electron chi connectivity index (χ2n) is 5.18. The van der Waals surface area contributed by atoms with Crippen molar-refractivity contribution in [2.75, 3.05) is 0 Å². The number of nitro groups is 1. The monoisotopic (exact) mass is 347 g/mol. The van der Waals surface area contributed by atoms with Crippen LogP contribution < -0.4 is 0 Å².